The predicted molar refractivity (Wildman–Crippen MR) is 150 cm³/mol. The van der Waals surface area contributed by atoms with Crippen molar-refractivity contribution in [2.24, 2.45) is 0 Å². The highest BCUT2D eigenvalue weighted by molar-refractivity contribution is 6.11. The van der Waals surface area contributed by atoms with Crippen LogP contribution >= 0.6 is 0 Å². The number of pyridine rings is 2. The number of rotatable bonds is 8. The van der Waals surface area contributed by atoms with E-state index in [9.17, 15) is 27.2 Å². The van der Waals surface area contributed by atoms with Gasteiger partial charge in [0, 0.05) is 36.4 Å². The van der Waals surface area contributed by atoms with Crippen molar-refractivity contribution in [1.29, 1.82) is 0 Å². The fourth-order valence-electron chi connectivity index (χ4n) is 4.63. The Morgan fingerprint density at radius 2 is 1.77 bits per heavy atom. The average Bonchev–Trinajstić information content (AvgIpc) is 3.59. The van der Waals surface area contributed by atoms with Crippen LogP contribution in [-0.4, -0.2) is 45.1 Å². The fraction of sp³-hybridized carbons (Fsp3) is 0.267. The van der Waals surface area contributed by atoms with Crippen molar-refractivity contribution in [3.05, 3.63) is 83.1 Å². The van der Waals surface area contributed by atoms with Crippen molar-refractivity contribution < 1.29 is 37.5 Å². The number of aryl methyl sites for hydroxylation is 2. The van der Waals surface area contributed by atoms with Gasteiger partial charge in [0.15, 0.2) is 5.82 Å². The third-order valence-corrected chi connectivity index (χ3v) is 6.92. The average molecular weight is 612 g/mol. The molecular weight excluding hydrogens is 584 g/mol. The number of halogens is 4. The van der Waals surface area contributed by atoms with Gasteiger partial charge in [-0.3, -0.25) is 14.6 Å². The molecule has 0 aliphatic heterocycles. The molecule has 228 valence electrons. The third-order valence-electron chi connectivity index (χ3n) is 6.92. The molecule has 0 saturated carbocycles. The highest BCUT2D eigenvalue weighted by Gasteiger charge is 2.31. The molecule has 4 heterocycles. The predicted octanol–water partition coefficient (Wildman–Crippen LogP) is 5.91. The molecule has 10 nitrogen and oxygen atoms in total. The van der Waals surface area contributed by atoms with Gasteiger partial charge < -0.3 is 19.6 Å². The van der Waals surface area contributed by atoms with Gasteiger partial charge in [0.1, 0.15) is 12.9 Å². The lowest BCUT2D eigenvalue weighted by Gasteiger charge is -2.23. The third kappa shape index (κ3) is 6.14. The molecule has 0 bridgehead atoms. The zero-order valence-electron chi connectivity index (χ0n) is 24.9. The number of carbonyl (C=O) groups excluding carboxylic acids is 2. The topological polar surface area (TPSA) is 136 Å². The molecule has 2 N–H and O–H groups in total. The summed E-state index contributed by atoms with van der Waals surface area (Å²) < 4.78 is 71.8. The normalized spacial score (nSPS) is 12.3. The zero-order chi connectivity index (χ0) is 32.7. The van der Waals surface area contributed by atoms with E-state index >= 15 is 0 Å². The van der Waals surface area contributed by atoms with Gasteiger partial charge in [0.25, 0.3) is 11.8 Å². The number of nitrogens with zero attached hydrogens (tertiary/aromatic N) is 4. The lowest BCUT2D eigenvalue weighted by molar-refractivity contribution is -0.134. The Kier molecular flexibility index (Phi) is 7.57. The van der Waals surface area contributed by atoms with Crippen molar-refractivity contribution in [2.45, 2.75) is 45.3 Å². The second-order valence-corrected chi connectivity index (χ2v) is 10.5. The van der Waals surface area contributed by atoms with Crippen molar-refractivity contribution in [3.8, 4) is 22.5 Å². The molecule has 0 spiro atoms. The van der Waals surface area contributed by atoms with Crippen LogP contribution in [0.3, 0.4) is 0 Å². The minimum atomic E-state index is -4.50. The summed E-state index contributed by atoms with van der Waals surface area (Å²) in [6.45, 7) is 4.79. The molecule has 0 atom stereocenters. The van der Waals surface area contributed by atoms with Gasteiger partial charge in [0.05, 0.1) is 33.4 Å². The maximum Gasteiger partial charge on any atom is 0.389 e. The van der Waals surface area contributed by atoms with E-state index < -0.39 is 48.6 Å². The zero-order valence-corrected chi connectivity index (χ0v) is 23.9. The van der Waals surface area contributed by atoms with Gasteiger partial charge in [-0.25, -0.2) is 9.37 Å². The molecule has 14 heteroatoms. The first-order chi connectivity index (χ1) is 21.2. The van der Waals surface area contributed by atoms with Gasteiger partial charge in [-0.1, -0.05) is 5.16 Å². The van der Waals surface area contributed by atoms with Crippen LogP contribution in [0.5, 0.6) is 0 Å². The first-order valence-electron chi connectivity index (χ1n) is 13.8. The van der Waals surface area contributed by atoms with Gasteiger partial charge in [0.2, 0.25) is 12.1 Å². The minimum absolute atomic E-state index is 0.00481. The van der Waals surface area contributed by atoms with E-state index in [1.807, 2.05) is 0 Å². The van der Waals surface area contributed by atoms with Crippen molar-refractivity contribution in [1.82, 2.24) is 30.7 Å². The Morgan fingerprint density at radius 3 is 2.41 bits per heavy atom. The second-order valence-electron chi connectivity index (χ2n) is 10.5. The summed E-state index contributed by atoms with van der Waals surface area (Å²) >= 11 is 0. The van der Waals surface area contributed by atoms with E-state index in [0.29, 0.717) is 11.3 Å². The summed E-state index contributed by atoms with van der Waals surface area (Å²) in [5.41, 5.74) is 0.0151. The molecule has 44 heavy (non-hydrogen) atoms. The summed E-state index contributed by atoms with van der Waals surface area (Å²) in [6.07, 6.45) is -5.27. The molecular formula is C30H26F4N6O4. The molecule has 0 unspecified atom stereocenters. The summed E-state index contributed by atoms with van der Waals surface area (Å²) in [4.78, 5) is 39.1. The van der Waals surface area contributed by atoms with Crippen LogP contribution in [0.2, 0.25) is 0 Å². The first kappa shape index (κ1) is 29.0. The summed E-state index contributed by atoms with van der Waals surface area (Å²) in [7, 11) is 1.40. The van der Waals surface area contributed by atoms with E-state index in [4.69, 9.17) is 10.3 Å². The Labute approximate surface area is 249 Å². The first-order valence-corrected chi connectivity index (χ1v) is 13.3. The highest BCUT2D eigenvalue weighted by Crippen LogP contribution is 2.37. The number of benzene rings is 1. The van der Waals surface area contributed by atoms with Crippen molar-refractivity contribution in [2.75, 3.05) is 7.05 Å². The van der Waals surface area contributed by atoms with Crippen LogP contribution in [0.4, 0.5) is 17.6 Å². The molecule has 0 radical (unpaired) electrons. The molecule has 5 aromatic rings. The Morgan fingerprint density at radius 1 is 1.05 bits per heavy atom. The van der Waals surface area contributed by atoms with Crippen LogP contribution in [0, 0.1) is 12.7 Å². The van der Waals surface area contributed by atoms with Gasteiger partial charge in [-0.15, -0.1) is 0 Å². The maximum atomic E-state index is 13.6. The summed E-state index contributed by atoms with van der Waals surface area (Å²) in [5, 5.41) is 9.17. The van der Waals surface area contributed by atoms with Crippen molar-refractivity contribution >= 4 is 22.9 Å². The molecule has 0 fully saturated rings. The van der Waals surface area contributed by atoms with Gasteiger partial charge >= 0.3 is 6.18 Å². The summed E-state index contributed by atoms with van der Waals surface area (Å²) in [5.74, 6) is -1.56. The van der Waals surface area contributed by atoms with Crippen LogP contribution in [0.15, 0.2) is 57.9 Å². The number of alkyl halides is 3. The Hall–Kier alpha value is -5.14. The largest absolute Gasteiger partial charge is 0.437 e. The Bertz CT molecular complexity index is 1920. The molecule has 2 amide bonds. The maximum absolute atomic E-state index is 13.6. The lowest BCUT2D eigenvalue weighted by atomic mass is 9.97. The SMILES string of the molecule is [2H]c1nc(C(C)(C)NC(=O)c2cc(-c3cc4c(C(=O)NC)c(-c5ccc(F)cc5)oc4nc3CCC(F)(F)F)cnc2C)no1. The van der Waals surface area contributed by atoms with E-state index in [-0.39, 0.29) is 50.6 Å². The smallest absolute Gasteiger partial charge is 0.389 e. The minimum Gasteiger partial charge on any atom is -0.437 e. The highest BCUT2D eigenvalue weighted by atomic mass is 19.4. The number of fused-ring (bicyclic) bond motifs is 1. The van der Waals surface area contributed by atoms with E-state index in [1.54, 1.807) is 20.8 Å². The molecule has 0 saturated heterocycles. The van der Waals surface area contributed by atoms with E-state index in [1.165, 1.54) is 49.6 Å². The standard InChI is InChI=1S/C30H26F4N6O4/c1-15-19(25(41)39-29(2,3)28-37-14-43-40-28)11-17(13-36-15)20-12-21-23(26(42)35-4)24(16-5-7-18(31)8-6-16)44-27(21)38-22(20)9-10-30(32,33)34/h5-8,11-14H,9-10H2,1-4H3,(H,35,42)(H,39,41)/i14D. The molecule has 5 rings (SSSR count). The lowest BCUT2D eigenvalue weighted by Crippen LogP contribution is -2.42. The number of nitrogens with one attached hydrogen (secondary N) is 2. The van der Waals surface area contributed by atoms with E-state index in [0.717, 1.165) is 0 Å². The molecule has 0 aliphatic rings. The van der Waals surface area contributed by atoms with Crippen LogP contribution in [0.1, 0.15) is 59.6 Å². The second kappa shape index (κ2) is 11.5. The molecule has 0 aliphatic carbocycles. The number of hydrogen-bond donors (Lipinski definition) is 2. The fourth-order valence-corrected chi connectivity index (χ4v) is 4.63. The monoisotopic (exact) mass is 611 g/mol. The quantitative estimate of drug-likeness (QED) is 0.207. The Balaban J connectivity index is 1.65. The number of amides is 2. The van der Waals surface area contributed by atoms with E-state index in [2.05, 4.69) is 30.7 Å². The number of hydrogen-bond acceptors (Lipinski definition) is 8. The number of aromatic nitrogens is 4. The van der Waals surface area contributed by atoms with Crippen LogP contribution < -0.4 is 10.6 Å². The molecule has 4 aromatic heterocycles. The number of furan rings is 1. The van der Waals surface area contributed by atoms with Gasteiger partial charge in [-0.2, -0.15) is 18.2 Å². The molecule has 1 aromatic carbocycles. The number of carbonyl (C=O) groups is 2. The van der Waals surface area contributed by atoms with Crippen LogP contribution in [0.25, 0.3) is 33.6 Å². The van der Waals surface area contributed by atoms with Crippen molar-refractivity contribution in [3.63, 3.8) is 0 Å². The van der Waals surface area contributed by atoms with Crippen LogP contribution in [-0.2, 0) is 12.0 Å². The summed E-state index contributed by atoms with van der Waals surface area (Å²) in [6, 6.07) is 8.10. The van der Waals surface area contributed by atoms with Gasteiger partial charge in [-0.05, 0) is 63.6 Å².